The van der Waals surface area contributed by atoms with E-state index in [0.717, 1.165) is 27.8 Å². The minimum absolute atomic E-state index is 0.164. The first-order chi connectivity index (χ1) is 13.0. The van der Waals surface area contributed by atoms with Crippen LogP contribution in [-0.2, 0) is 0 Å². The van der Waals surface area contributed by atoms with Crippen LogP contribution in [0.5, 0.6) is 0 Å². The number of anilines is 1. The lowest BCUT2D eigenvalue weighted by atomic mass is 10.1. The van der Waals surface area contributed by atoms with Crippen molar-refractivity contribution in [1.29, 1.82) is 0 Å². The summed E-state index contributed by atoms with van der Waals surface area (Å²) >= 11 is 6.00. The Labute approximate surface area is 161 Å². The second-order valence-electron chi connectivity index (χ2n) is 6.32. The maximum Gasteiger partial charge on any atom is 0.258 e. The number of oxazole rings is 1. The van der Waals surface area contributed by atoms with Crippen LogP contribution in [0.2, 0.25) is 5.15 Å². The fourth-order valence-electron chi connectivity index (χ4n) is 2.84. The number of fused-ring (bicyclic) bond motifs is 1. The van der Waals surface area contributed by atoms with Gasteiger partial charge in [-0.1, -0.05) is 23.7 Å². The zero-order valence-electron chi connectivity index (χ0n) is 14.8. The predicted molar refractivity (Wildman–Crippen MR) is 106 cm³/mol. The molecule has 2 heterocycles. The summed E-state index contributed by atoms with van der Waals surface area (Å²) in [7, 11) is 0. The Balaban J connectivity index is 1.68. The number of hydrogen-bond donors (Lipinski definition) is 1. The van der Waals surface area contributed by atoms with Crippen LogP contribution in [0.1, 0.15) is 21.5 Å². The first kappa shape index (κ1) is 17.2. The minimum atomic E-state index is -0.323. The van der Waals surface area contributed by atoms with Gasteiger partial charge < -0.3 is 9.73 Å². The fourth-order valence-corrected chi connectivity index (χ4v) is 3.04. The highest BCUT2D eigenvalue weighted by molar-refractivity contribution is 6.33. The average Bonchev–Trinajstić information content (AvgIpc) is 3.06. The van der Waals surface area contributed by atoms with Gasteiger partial charge in [-0.15, -0.1) is 0 Å². The van der Waals surface area contributed by atoms with Gasteiger partial charge in [-0.2, -0.15) is 0 Å². The summed E-state index contributed by atoms with van der Waals surface area (Å²) in [6.45, 7) is 3.98. The van der Waals surface area contributed by atoms with E-state index in [1.807, 2.05) is 50.2 Å². The van der Waals surface area contributed by atoms with Crippen LogP contribution in [0.3, 0.4) is 0 Å². The molecule has 6 heteroatoms. The molecule has 27 heavy (non-hydrogen) atoms. The molecule has 0 bridgehead atoms. The summed E-state index contributed by atoms with van der Waals surface area (Å²) in [5.74, 6) is 0.194. The molecule has 0 saturated carbocycles. The maximum absolute atomic E-state index is 12.5. The van der Waals surface area contributed by atoms with Crippen molar-refractivity contribution in [2.24, 2.45) is 0 Å². The molecule has 1 amide bonds. The summed E-state index contributed by atoms with van der Waals surface area (Å²) in [6.07, 6.45) is 1.54. The van der Waals surface area contributed by atoms with Gasteiger partial charge in [-0.25, -0.2) is 9.97 Å². The van der Waals surface area contributed by atoms with Crippen molar-refractivity contribution >= 4 is 34.3 Å². The SMILES string of the molecule is Cc1ccc2oc(-c3cc(NC(=O)c4cccnc4Cl)ccc3C)nc2c1. The molecule has 2 aromatic heterocycles. The van der Waals surface area contributed by atoms with Gasteiger partial charge in [0.1, 0.15) is 10.7 Å². The molecular formula is C21H16ClN3O2. The van der Waals surface area contributed by atoms with Crippen molar-refractivity contribution in [3.8, 4) is 11.5 Å². The third-order valence-electron chi connectivity index (χ3n) is 4.27. The number of amides is 1. The molecule has 4 rings (SSSR count). The number of nitrogens with one attached hydrogen (secondary N) is 1. The zero-order valence-corrected chi connectivity index (χ0v) is 15.5. The lowest BCUT2D eigenvalue weighted by Crippen LogP contribution is -2.13. The van der Waals surface area contributed by atoms with E-state index >= 15 is 0 Å². The van der Waals surface area contributed by atoms with E-state index < -0.39 is 0 Å². The first-order valence-electron chi connectivity index (χ1n) is 8.41. The molecule has 1 N–H and O–H groups in total. The molecule has 0 spiro atoms. The fraction of sp³-hybridized carbons (Fsp3) is 0.0952. The number of aryl methyl sites for hydroxylation is 2. The van der Waals surface area contributed by atoms with Crippen molar-refractivity contribution < 1.29 is 9.21 Å². The average molecular weight is 378 g/mol. The minimum Gasteiger partial charge on any atom is -0.436 e. The number of hydrogen-bond acceptors (Lipinski definition) is 4. The second-order valence-corrected chi connectivity index (χ2v) is 6.67. The third-order valence-corrected chi connectivity index (χ3v) is 4.57. The Kier molecular flexibility index (Phi) is 4.38. The number of rotatable bonds is 3. The largest absolute Gasteiger partial charge is 0.436 e. The molecule has 0 saturated heterocycles. The number of nitrogens with zero attached hydrogens (tertiary/aromatic N) is 2. The van der Waals surface area contributed by atoms with Crippen LogP contribution in [0, 0.1) is 13.8 Å². The molecule has 0 aliphatic carbocycles. The molecule has 0 atom stereocenters. The molecule has 2 aromatic carbocycles. The number of halogens is 1. The third kappa shape index (κ3) is 3.41. The molecule has 0 radical (unpaired) electrons. The Morgan fingerprint density at radius 2 is 1.96 bits per heavy atom. The van der Waals surface area contributed by atoms with Gasteiger partial charge in [0, 0.05) is 17.4 Å². The van der Waals surface area contributed by atoms with Crippen molar-refractivity contribution in [1.82, 2.24) is 9.97 Å². The molecule has 0 fully saturated rings. The first-order valence-corrected chi connectivity index (χ1v) is 8.79. The summed E-state index contributed by atoms with van der Waals surface area (Å²) in [6, 6.07) is 14.8. The van der Waals surface area contributed by atoms with Crippen molar-refractivity contribution in [3.05, 3.63) is 76.6 Å². The number of carbonyl (C=O) groups excluding carboxylic acids is 1. The van der Waals surface area contributed by atoms with Gasteiger partial charge in [0.25, 0.3) is 5.91 Å². The van der Waals surface area contributed by atoms with Gasteiger partial charge >= 0.3 is 0 Å². The Morgan fingerprint density at radius 3 is 2.78 bits per heavy atom. The smallest absolute Gasteiger partial charge is 0.258 e. The van der Waals surface area contributed by atoms with E-state index in [0.29, 0.717) is 17.1 Å². The van der Waals surface area contributed by atoms with Crippen LogP contribution >= 0.6 is 11.6 Å². The van der Waals surface area contributed by atoms with Crippen LogP contribution in [-0.4, -0.2) is 15.9 Å². The topological polar surface area (TPSA) is 68.0 Å². The van der Waals surface area contributed by atoms with E-state index in [1.54, 1.807) is 12.1 Å². The van der Waals surface area contributed by atoms with Crippen molar-refractivity contribution in [2.45, 2.75) is 13.8 Å². The molecule has 0 unspecified atom stereocenters. The van der Waals surface area contributed by atoms with Crippen LogP contribution < -0.4 is 5.32 Å². The Hall–Kier alpha value is -3.18. The molecule has 4 aromatic rings. The van der Waals surface area contributed by atoms with Gasteiger partial charge in [-0.05, 0) is 61.4 Å². The molecule has 0 aliphatic heterocycles. The van der Waals surface area contributed by atoms with Gasteiger partial charge in [0.15, 0.2) is 5.58 Å². The van der Waals surface area contributed by atoms with E-state index in [9.17, 15) is 4.79 Å². The summed E-state index contributed by atoms with van der Waals surface area (Å²) in [5, 5.41) is 3.01. The van der Waals surface area contributed by atoms with Crippen LogP contribution in [0.4, 0.5) is 5.69 Å². The number of benzene rings is 2. The number of carbonyl (C=O) groups is 1. The number of aromatic nitrogens is 2. The lowest BCUT2D eigenvalue weighted by molar-refractivity contribution is 0.102. The van der Waals surface area contributed by atoms with Gasteiger partial charge in [0.2, 0.25) is 5.89 Å². The summed E-state index contributed by atoms with van der Waals surface area (Å²) < 4.78 is 5.90. The standard InChI is InChI=1S/C21H16ClN3O2/c1-12-5-8-18-17(10-12)25-21(27-18)16-11-14(7-6-13(16)2)24-20(26)15-4-3-9-23-19(15)22/h3-11H,1-2H3,(H,24,26). The van der Waals surface area contributed by atoms with Crippen LogP contribution in [0.15, 0.2) is 59.1 Å². The Morgan fingerprint density at radius 1 is 1.11 bits per heavy atom. The van der Waals surface area contributed by atoms with E-state index in [2.05, 4.69) is 15.3 Å². The lowest BCUT2D eigenvalue weighted by Gasteiger charge is -2.09. The number of pyridine rings is 1. The molecule has 134 valence electrons. The zero-order chi connectivity index (χ0) is 19.0. The highest BCUT2D eigenvalue weighted by atomic mass is 35.5. The van der Waals surface area contributed by atoms with Crippen molar-refractivity contribution in [3.63, 3.8) is 0 Å². The molecular weight excluding hydrogens is 362 g/mol. The predicted octanol–water partition coefficient (Wildman–Crippen LogP) is 5.41. The Bertz CT molecular complexity index is 1170. The van der Waals surface area contributed by atoms with Gasteiger partial charge in [-0.3, -0.25) is 4.79 Å². The maximum atomic E-state index is 12.5. The summed E-state index contributed by atoms with van der Waals surface area (Å²) in [5.41, 5.74) is 5.41. The highest BCUT2D eigenvalue weighted by Gasteiger charge is 2.14. The van der Waals surface area contributed by atoms with Gasteiger partial charge in [0.05, 0.1) is 5.56 Å². The molecule has 5 nitrogen and oxygen atoms in total. The normalized spacial score (nSPS) is 10.9. The quantitative estimate of drug-likeness (QED) is 0.484. The van der Waals surface area contributed by atoms with E-state index in [4.69, 9.17) is 16.0 Å². The van der Waals surface area contributed by atoms with E-state index in [-0.39, 0.29) is 11.1 Å². The monoisotopic (exact) mass is 377 g/mol. The summed E-state index contributed by atoms with van der Waals surface area (Å²) in [4.78, 5) is 21.0. The molecule has 0 aliphatic rings. The van der Waals surface area contributed by atoms with E-state index in [1.165, 1.54) is 6.20 Å². The van der Waals surface area contributed by atoms with Crippen LogP contribution in [0.25, 0.3) is 22.6 Å². The van der Waals surface area contributed by atoms with Crippen molar-refractivity contribution in [2.75, 3.05) is 5.32 Å². The highest BCUT2D eigenvalue weighted by Crippen LogP contribution is 2.29. The second kappa shape index (κ2) is 6.85.